The van der Waals surface area contributed by atoms with Gasteiger partial charge in [-0.1, -0.05) is 29.8 Å². The first-order valence-corrected chi connectivity index (χ1v) is 10.3. The Balaban J connectivity index is 1.75. The highest BCUT2D eigenvalue weighted by Gasteiger charge is 2.19. The van der Waals surface area contributed by atoms with Crippen LogP contribution in [0, 0.1) is 18.6 Å². The lowest BCUT2D eigenvalue weighted by Crippen LogP contribution is -2.25. The molecule has 2 aromatic heterocycles. The highest BCUT2D eigenvalue weighted by atomic mass is 35.5. The van der Waals surface area contributed by atoms with E-state index in [0.29, 0.717) is 18.0 Å². The second-order valence-electron chi connectivity index (χ2n) is 8.40. The van der Waals surface area contributed by atoms with Gasteiger partial charge in [-0.2, -0.15) is 5.10 Å². The van der Waals surface area contributed by atoms with Gasteiger partial charge in [0, 0.05) is 22.8 Å². The predicted octanol–water partition coefficient (Wildman–Crippen LogP) is 4.17. The van der Waals surface area contributed by atoms with Crippen LogP contribution in [0.4, 0.5) is 0 Å². The summed E-state index contributed by atoms with van der Waals surface area (Å²) in [5.74, 6) is 0. The summed E-state index contributed by atoms with van der Waals surface area (Å²) in [7, 11) is 2.04. The topological polar surface area (TPSA) is 56.7 Å². The molecule has 0 saturated carbocycles. The highest BCUT2D eigenvalue weighted by molar-refractivity contribution is 7.71. The van der Waals surface area contributed by atoms with Crippen LogP contribution < -0.4 is 0 Å². The zero-order chi connectivity index (χ0) is 21.3. The number of aromatic nitrogens is 6. The van der Waals surface area contributed by atoms with E-state index in [1.54, 1.807) is 9.36 Å². The Morgan fingerprint density at radius 2 is 1.79 bits per heavy atom. The molecular formula is C20H28ClN7S. The summed E-state index contributed by atoms with van der Waals surface area (Å²) in [4.78, 5) is 2.16. The molecule has 0 fully saturated rings. The third-order valence-electron chi connectivity index (χ3n) is 4.89. The molecule has 0 aliphatic rings. The Bertz CT molecular complexity index is 1060. The Morgan fingerprint density at radius 1 is 1.10 bits per heavy atom. The number of tetrazole rings is 1. The summed E-state index contributed by atoms with van der Waals surface area (Å²) >= 11 is 11.9. The second-order valence-corrected chi connectivity index (χ2v) is 9.17. The molecule has 3 rings (SSSR count). The van der Waals surface area contributed by atoms with Gasteiger partial charge in [-0.15, -0.1) is 0 Å². The van der Waals surface area contributed by atoms with Crippen LogP contribution in [0.1, 0.15) is 43.3 Å². The molecule has 9 heteroatoms. The van der Waals surface area contributed by atoms with Gasteiger partial charge in [0.15, 0.2) is 0 Å². The minimum atomic E-state index is -0.194. The molecule has 3 aromatic rings. The lowest BCUT2D eigenvalue weighted by molar-refractivity contribution is 0.240. The minimum absolute atomic E-state index is 0.194. The van der Waals surface area contributed by atoms with Gasteiger partial charge in [0.1, 0.15) is 0 Å². The molecule has 156 valence electrons. The zero-order valence-corrected chi connectivity index (χ0v) is 19.4. The summed E-state index contributed by atoms with van der Waals surface area (Å²) in [6, 6.07) is 7.88. The van der Waals surface area contributed by atoms with E-state index in [1.807, 2.05) is 42.9 Å². The molecular weight excluding hydrogens is 406 g/mol. The van der Waals surface area contributed by atoms with Crippen molar-refractivity contribution in [3.05, 3.63) is 56.6 Å². The van der Waals surface area contributed by atoms with Gasteiger partial charge >= 0.3 is 0 Å². The molecule has 0 amide bonds. The standard InChI is InChI=1S/C20H28ClN7S/c1-14-17(15(2)26(22-14)11-16-9-7-8-10-18(16)21)12-25(6)13-27-19(29)28(24-23-27)20(3,4)5/h7-10H,11-13H2,1-6H3. The van der Waals surface area contributed by atoms with E-state index in [0.717, 1.165) is 28.5 Å². The summed E-state index contributed by atoms with van der Waals surface area (Å²) < 4.78 is 6.15. The van der Waals surface area contributed by atoms with Gasteiger partial charge in [-0.25, -0.2) is 9.36 Å². The van der Waals surface area contributed by atoms with Gasteiger partial charge in [0.05, 0.1) is 24.4 Å². The average molecular weight is 434 g/mol. The van der Waals surface area contributed by atoms with Crippen molar-refractivity contribution >= 4 is 23.8 Å². The quantitative estimate of drug-likeness (QED) is 0.546. The Labute approximate surface area is 181 Å². The molecule has 0 spiro atoms. The minimum Gasteiger partial charge on any atom is -0.283 e. The van der Waals surface area contributed by atoms with Gasteiger partial charge < -0.3 is 0 Å². The van der Waals surface area contributed by atoms with E-state index in [-0.39, 0.29) is 5.54 Å². The number of hydrogen-bond acceptors (Lipinski definition) is 5. The summed E-state index contributed by atoms with van der Waals surface area (Å²) in [6.45, 7) is 12.3. The molecule has 1 aromatic carbocycles. The normalized spacial score (nSPS) is 12.1. The summed E-state index contributed by atoms with van der Waals surface area (Å²) in [5.41, 5.74) is 4.22. The van der Waals surface area contributed by atoms with E-state index in [4.69, 9.17) is 28.9 Å². The second kappa shape index (κ2) is 8.38. The third-order valence-corrected chi connectivity index (χ3v) is 5.64. The molecule has 0 unspecified atom stereocenters. The predicted molar refractivity (Wildman–Crippen MR) is 118 cm³/mol. The van der Waals surface area contributed by atoms with E-state index >= 15 is 0 Å². The van der Waals surface area contributed by atoms with Crippen molar-refractivity contribution in [1.82, 2.24) is 34.5 Å². The van der Waals surface area contributed by atoms with Gasteiger partial charge in [-0.3, -0.25) is 9.58 Å². The molecule has 0 saturated heterocycles. The van der Waals surface area contributed by atoms with Gasteiger partial charge in [0.25, 0.3) is 0 Å². The van der Waals surface area contributed by atoms with Crippen molar-refractivity contribution in [2.45, 2.75) is 59.9 Å². The van der Waals surface area contributed by atoms with Crippen molar-refractivity contribution in [3.8, 4) is 0 Å². The van der Waals surface area contributed by atoms with Crippen molar-refractivity contribution in [3.63, 3.8) is 0 Å². The Hall–Kier alpha value is -2.03. The average Bonchev–Trinajstić information content (AvgIpc) is 3.12. The fourth-order valence-electron chi connectivity index (χ4n) is 3.24. The molecule has 0 radical (unpaired) electrons. The molecule has 0 atom stereocenters. The van der Waals surface area contributed by atoms with Gasteiger partial charge in [0.2, 0.25) is 4.77 Å². The molecule has 29 heavy (non-hydrogen) atoms. The lowest BCUT2D eigenvalue weighted by Gasteiger charge is -2.18. The first kappa shape index (κ1) is 21.7. The van der Waals surface area contributed by atoms with Crippen LogP contribution in [0.2, 0.25) is 5.02 Å². The van der Waals surface area contributed by atoms with Crippen molar-refractivity contribution < 1.29 is 0 Å². The van der Waals surface area contributed by atoms with Crippen LogP contribution in [0.5, 0.6) is 0 Å². The molecule has 0 aliphatic carbocycles. The monoisotopic (exact) mass is 433 g/mol. The maximum absolute atomic E-state index is 6.32. The number of rotatable bonds is 6. The maximum Gasteiger partial charge on any atom is 0.217 e. The van der Waals surface area contributed by atoms with Crippen LogP contribution in [0.15, 0.2) is 24.3 Å². The fourth-order valence-corrected chi connectivity index (χ4v) is 3.84. The number of hydrogen-bond donors (Lipinski definition) is 0. The van der Waals surface area contributed by atoms with Gasteiger partial charge in [-0.05, 0) is 75.9 Å². The first-order chi connectivity index (χ1) is 13.6. The highest BCUT2D eigenvalue weighted by Crippen LogP contribution is 2.20. The van der Waals surface area contributed by atoms with E-state index in [9.17, 15) is 0 Å². The smallest absolute Gasteiger partial charge is 0.217 e. The number of aryl methyl sites for hydroxylation is 1. The first-order valence-electron chi connectivity index (χ1n) is 9.56. The fraction of sp³-hybridized carbons (Fsp3) is 0.500. The SMILES string of the molecule is Cc1nn(Cc2ccccc2Cl)c(C)c1CN(C)Cn1nnn(C(C)(C)C)c1=S. The zero-order valence-electron chi connectivity index (χ0n) is 17.8. The lowest BCUT2D eigenvalue weighted by atomic mass is 10.1. The van der Waals surface area contributed by atoms with Crippen LogP contribution in [-0.2, 0) is 25.3 Å². The molecule has 0 N–H and O–H groups in total. The Morgan fingerprint density at radius 3 is 2.41 bits per heavy atom. The number of nitrogens with zero attached hydrogens (tertiary/aromatic N) is 7. The van der Waals surface area contributed by atoms with Crippen LogP contribution in [0.25, 0.3) is 0 Å². The summed E-state index contributed by atoms with van der Waals surface area (Å²) in [5, 5.41) is 13.9. The maximum atomic E-state index is 6.32. The van der Waals surface area contributed by atoms with E-state index in [1.165, 1.54) is 5.56 Å². The van der Waals surface area contributed by atoms with E-state index < -0.39 is 0 Å². The largest absolute Gasteiger partial charge is 0.283 e. The molecule has 7 nitrogen and oxygen atoms in total. The van der Waals surface area contributed by atoms with Crippen molar-refractivity contribution in [2.75, 3.05) is 7.05 Å². The van der Waals surface area contributed by atoms with Crippen LogP contribution in [-0.4, -0.2) is 41.5 Å². The number of benzene rings is 1. The Kier molecular flexibility index (Phi) is 6.26. The van der Waals surface area contributed by atoms with E-state index in [2.05, 4.69) is 43.0 Å². The summed E-state index contributed by atoms with van der Waals surface area (Å²) in [6.07, 6.45) is 0. The number of halogens is 1. The van der Waals surface area contributed by atoms with Crippen LogP contribution >= 0.6 is 23.8 Å². The van der Waals surface area contributed by atoms with Crippen molar-refractivity contribution in [1.29, 1.82) is 0 Å². The van der Waals surface area contributed by atoms with Crippen LogP contribution in [0.3, 0.4) is 0 Å². The molecule has 0 bridgehead atoms. The third kappa shape index (κ3) is 4.76. The van der Waals surface area contributed by atoms with Crippen molar-refractivity contribution in [2.24, 2.45) is 0 Å². The molecule has 0 aliphatic heterocycles. The molecule has 2 heterocycles.